The highest BCUT2D eigenvalue weighted by Crippen LogP contribution is 2.59. The number of carbonyl (C=O) groups excluding carboxylic acids is 2. The van der Waals surface area contributed by atoms with Crippen molar-refractivity contribution in [2.24, 2.45) is 0 Å². The van der Waals surface area contributed by atoms with Crippen LogP contribution in [-0.2, 0) is 32.7 Å². The third-order valence-corrected chi connectivity index (χ3v) is 9.63. The van der Waals surface area contributed by atoms with Crippen molar-refractivity contribution in [2.75, 3.05) is 26.6 Å². The largest absolute Gasteiger partial charge is 0.462 e. The van der Waals surface area contributed by atoms with Crippen molar-refractivity contribution >= 4 is 30.1 Å². The first-order chi connectivity index (χ1) is 16.4. The second-order valence-electron chi connectivity index (χ2n) is 8.72. The van der Waals surface area contributed by atoms with Crippen molar-refractivity contribution in [3.63, 3.8) is 0 Å². The number of ether oxygens (including phenoxy) is 2. The van der Waals surface area contributed by atoms with E-state index < -0.39 is 18.9 Å². The van der Waals surface area contributed by atoms with Crippen LogP contribution in [0.5, 0.6) is 0 Å². The predicted octanol–water partition coefficient (Wildman–Crippen LogP) is 7.86. The van der Waals surface area contributed by atoms with Crippen LogP contribution in [0.4, 0.5) is 0 Å². The van der Waals surface area contributed by atoms with Gasteiger partial charge in [0, 0.05) is 33.3 Å². The standard InChI is InChI=1S/C25H49O7PS/c1-5-6-7-8-9-10-11-12-13-14-15-16-17-18-19-20-25(27)31-21-24(32-23(2)26)22-34-33(28,29-3)30-4/h24H,5-22H2,1-4H3. The van der Waals surface area contributed by atoms with Crippen LogP contribution in [0.3, 0.4) is 0 Å². The molecule has 0 saturated carbocycles. The molecule has 0 aromatic heterocycles. The Labute approximate surface area is 212 Å². The van der Waals surface area contributed by atoms with E-state index in [2.05, 4.69) is 6.92 Å². The van der Waals surface area contributed by atoms with Gasteiger partial charge in [-0.15, -0.1) is 0 Å². The van der Waals surface area contributed by atoms with E-state index in [-0.39, 0.29) is 18.3 Å². The SMILES string of the molecule is CCCCCCCCCCCCCCCCCC(=O)OCC(CSP(=O)(OC)OC)OC(C)=O. The maximum Gasteiger partial charge on any atom is 0.388 e. The van der Waals surface area contributed by atoms with Crippen LogP contribution >= 0.6 is 18.2 Å². The van der Waals surface area contributed by atoms with Crippen LogP contribution in [-0.4, -0.2) is 44.6 Å². The van der Waals surface area contributed by atoms with E-state index in [0.29, 0.717) is 6.42 Å². The van der Waals surface area contributed by atoms with Crippen molar-refractivity contribution < 1.29 is 32.7 Å². The lowest BCUT2D eigenvalue weighted by atomic mass is 10.0. The number of hydrogen-bond acceptors (Lipinski definition) is 8. The van der Waals surface area contributed by atoms with Crippen molar-refractivity contribution in [3.8, 4) is 0 Å². The minimum atomic E-state index is -3.29. The van der Waals surface area contributed by atoms with Crippen molar-refractivity contribution in [3.05, 3.63) is 0 Å². The van der Waals surface area contributed by atoms with Crippen LogP contribution < -0.4 is 0 Å². The molecule has 0 aromatic carbocycles. The first-order valence-electron chi connectivity index (χ1n) is 13.1. The summed E-state index contributed by atoms with van der Waals surface area (Å²) in [4.78, 5) is 23.3. The lowest BCUT2D eigenvalue weighted by molar-refractivity contribution is -0.156. The Morgan fingerprint density at radius 2 is 1.21 bits per heavy atom. The zero-order chi connectivity index (χ0) is 25.5. The molecule has 202 valence electrons. The lowest BCUT2D eigenvalue weighted by Crippen LogP contribution is -2.26. The van der Waals surface area contributed by atoms with Gasteiger partial charge in [-0.1, -0.05) is 96.8 Å². The molecule has 1 atom stereocenters. The Balaban J connectivity index is 3.72. The normalized spacial score (nSPS) is 12.5. The van der Waals surface area contributed by atoms with Gasteiger partial charge in [0.05, 0.1) is 0 Å². The van der Waals surface area contributed by atoms with E-state index in [1.165, 1.54) is 98.2 Å². The van der Waals surface area contributed by atoms with Gasteiger partial charge in [-0.25, -0.2) is 4.57 Å². The zero-order valence-corrected chi connectivity index (χ0v) is 23.7. The fourth-order valence-electron chi connectivity index (χ4n) is 3.60. The molecule has 34 heavy (non-hydrogen) atoms. The van der Waals surface area contributed by atoms with Gasteiger partial charge in [0.15, 0.2) is 0 Å². The van der Waals surface area contributed by atoms with Crippen LogP contribution in [0.15, 0.2) is 0 Å². The Morgan fingerprint density at radius 3 is 1.62 bits per heavy atom. The molecule has 0 aliphatic carbocycles. The predicted molar refractivity (Wildman–Crippen MR) is 140 cm³/mol. The summed E-state index contributed by atoms with van der Waals surface area (Å²) in [6.45, 7) is 0.179. The maximum atomic E-state index is 12.1. The molecule has 0 bridgehead atoms. The van der Waals surface area contributed by atoms with Gasteiger partial charge in [0.1, 0.15) is 12.7 Å². The average molecular weight is 525 g/mol. The van der Waals surface area contributed by atoms with Crippen molar-refractivity contribution in [1.82, 2.24) is 0 Å². The summed E-state index contributed by atoms with van der Waals surface area (Å²) >= 11 is 0.908. The van der Waals surface area contributed by atoms with E-state index in [0.717, 1.165) is 30.6 Å². The molecule has 0 fully saturated rings. The first-order valence-corrected chi connectivity index (χ1v) is 16.2. The molecule has 0 aliphatic heterocycles. The molecule has 0 radical (unpaired) electrons. The summed E-state index contributed by atoms with van der Waals surface area (Å²) in [7, 11) is 2.57. The van der Waals surface area contributed by atoms with E-state index >= 15 is 0 Å². The summed E-state index contributed by atoms with van der Waals surface area (Å²) in [5, 5.41) is 0. The molecule has 0 amide bonds. The van der Waals surface area contributed by atoms with Gasteiger partial charge in [0.2, 0.25) is 0 Å². The Kier molecular flexibility index (Phi) is 22.5. The summed E-state index contributed by atoms with van der Waals surface area (Å²) in [6, 6.07) is 0. The van der Waals surface area contributed by atoms with E-state index in [1.807, 2.05) is 0 Å². The van der Waals surface area contributed by atoms with Gasteiger partial charge >= 0.3 is 18.7 Å². The number of hydrogen-bond donors (Lipinski definition) is 0. The van der Waals surface area contributed by atoms with Gasteiger partial charge in [0.25, 0.3) is 0 Å². The minimum absolute atomic E-state index is 0.0718. The first kappa shape index (κ1) is 33.4. The maximum absolute atomic E-state index is 12.1. The Morgan fingerprint density at radius 1 is 0.765 bits per heavy atom. The highest BCUT2D eigenvalue weighted by Gasteiger charge is 2.26. The Hall–Kier alpha value is -0.560. The highest BCUT2D eigenvalue weighted by atomic mass is 32.7. The molecule has 0 rings (SSSR count). The molecule has 0 heterocycles. The molecule has 1 unspecified atom stereocenters. The summed E-state index contributed by atoms with van der Waals surface area (Å²) < 4.78 is 32.2. The van der Waals surface area contributed by atoms with Gasteiger partial charge in [-0.3, -0.25) is 9.59 Å². The second-order valence-corrected chi connectivity index (χ2v) is 13.1. The molecule has 0 spiro atoms. The number of esters is 2. The molecule has 0 saturated heterocycles. The third-order valence-electron chi connectivity index (χ3n) is 5.61. The molecule has 7 nitrogen and oxygen atoms in total. The zero-order valence-electron chi connectivity index (χ0n) is 22.0. The van der Waals surface area contributed by atoms with Gasteiger partial charge in [-0.05, 0) is 17.8 Å². The molecule has 0 aliphatic rings. The van der Waals surface area contributed by atoms with E-state index in [4.69, 9.17) is 18.5 Å². The van der Waals surface area contributed by atoms with Gasteiger partial charge < -0.3 is 18.5 Å². The van der Waals surface area contributed by atoms with Crippen molar-refractivity contribution in [1.29, 1.82) is 0 Å². The van der Waals surface area contributed by atoms with Crippen LogP contribution in [0.25, 0.3) is 0 Å². The summed E-state index contributed by atoms with van der Waals surface area (Å²) in [5.74, 6) is -0.655. The Bertz CT molecular complexity index is 551. The van der Waals surface area contributed by atoms with Crippen LogP contribution in [0.2, 0.25) is 0 Å². The topological polar surface area (TPSA) is 88.1 Å². The second kappa shape index (κ2) is 22.9. The molecule has 0 N–H and O–H groups in total. The number of carbonyl (C=O) groups is 2. The molecular formula is C25H49O7PS. The van der Waals surface area contributed by atoms with Crippen LogP contribution in [0.1, 0.15) is 117 Å². The highest BCUT2D eigenvalue weighted by molar-refractivity contribution is 8.55. The summed E-state index contributed by atoms with van der Waals surface area (Å²) in [6.07, 6.45) is 18.8. The minimum Gasteiger partial charge on any atom is -0.462 e. The average Bonchev–Trinajstić information content (AvgIpc) is 2.82. The summed E-state index contributed by atoms with van der Waals surface area (Å²) in [5.41, 5.74) is 0. The third kappa shape index (κ3) is 20.8. The van der Waals surface area contributed by atoms with E-state index in [1.54, 1.807) is 0 Å². The fraction of sp³-hybridized carbons (Fsp3) is 0.920. The quantitative estimate of drug-likeness (QED) is 0.0716. The number of rotatable bonds is 24. The fourth-order valence-corrected chi connectivity index (χ4v) is 6.16. The molecular weight excluding hydrogens is 475 g/mol. The number of unbranched alkanes of at least 4 members (excludes halogenated alkanes) is 14. The molecule has 0 aromatic rings. The van der Waals surface area contributed by atoms with Crippen LogP contribution in [0, 0.1) is 0 Å². The van der Waals surface area contributed by atoms with E-state index in [9.17, 15) is 14.2 Å². The monoisotopic (exact) mass is 524 g/mol. The molecule has 9 heteroatoms. The lowest BCUT2D eigenvalue weighted by Gasteiger charge is -2.19. The van der Waals surface area contributed by atoms with Crippen molar-refractivity contribution in [2.45, 2.75) is 123 Å². The van der Waals surface area contributed by atoms with Gasteiger partial charge in [-0.2, -0.15) is 0 Å². The smallest absolute Gasteiger partial charge is 0.388 e.